The number of hydrogen-bond acceptors (Lipinski definition) is 6. The van der Waals surface area contributed by atoms with E-state index in [1.807, 2.05) is 6.07 Å². The van der Waals surface area contributed by atoms with Crippen molar-refractivity contribution in [3.05, 3.63) is 76.5 Å². The smallest absolute Gasteiger partial charge is 0.257 e. The number of nitriles is 1. The van der Waals surface area contributed by atoms with E-state index in [9.17, 15) is 4.79 Å². The Balaban J connectivity index is 1.90. The molecule has 0 saturated heterocycles. The van der Waals surface area contributed by atoms with Gasteiger partial charge in [-0.3, -0.25) is 10.2 Å². The van der Waals surface area contributed by atoms with Crippen LogP contribution in [0.2, 0.25) is 5.02 Å². The number of aromatic nitrogens is 1. The van der Waals surface area contributed by atoms with Gasteiger partial charge < -0.3 is 15.5 Å². The van der Waals surface area contributed by atoms with Gasteiger partial charge in [-0.25, -0.2) is 4.98 Å². The molecule has 0 spiro atoms. The van der Waals surface area contributed by atoms with Crippen molar-refractivity contribution in [3.8, 4) is 6.07 Å². The summed E-state index contributed by atoms with van der Waals surface area (Å²) in [5.74, 6) is -0.223. The van der Waals surface area contributed by atoms with Gasteiger partial charge in [-0.05, 0) is 30.3 Å². The summed E-state index contributed by atoms with van der Waals surface area (Å²) in [6, 6.07) is 11.3. The molecule has 0 saturated carbocycles. The summed E-state index contributed by atoms with van der Waals surface area (Å²) in [7, 11) is 0. The number of anilines is 2. The van der Waals surface area contributed by atoms with Gasteiger partial charge in [0.1, 0.15) is 11.8 Å². The van der Waals surface area contributed by atoms with Gasteiger partial charge in [0.25, 0.3) is 5.91 Å². The Bertz CT molecular complexity index is 1040. The van der Waals surface area contributed by atoms with Gasteiger partial charge in [0.2, 0.25) is 0 Å². The Labute approximate surface area is 153 Å². The fourth-order valence-electron chi connectivity index (χ4n) is 2.31. The van der Waals surface area contributed by atoms with Gasteiger partial charge in [0, 0.05) is 16.9 Å². The van der Waals surface area contributed by atoms with E-state index in [0.29, 0.717) is 16.9 Å². The van der Waals surface area contributed by atoms with Crippen molar-refractivity contribution in [1.82, 2.24) is 4.98 Å². The lowest BCUT2D eigenvalue weighted by Gasteiger charge is -2.11. The molecule has 26 heavy (non-hydrogen) atoms. The van der Waals surface area contributed by atoms with E-state index >= 15 is 0 Å². The summed E-state index contributed by atoms with van der Waals surface area (Å²) >= 11 is 6.09. The predicted octanol–water partition coefficient (Wildman–Crippen LogP) is 3.45. The molecule has 8 heteroatoms. The topological polar surface area (TPSA) is 129 Å². The minimum absolute atomic E-state index is 0.0422. The number of nitrogens with zero attached hydrogens (tertiary/aromatic N) is 2. The number of oxazole rings is 1. The average Bonchev–Trinajstić information content (AvgIpc) is 3.17. The summed E-state index contributed by atoms with van der Waals surface area (Å²) < 4.78 is 5.11. The molecule has 0 aliphatic heterocycles. The number of nitrogens with one attached hydrogen (secondary N) is 2. The lowest BCUT2D eigenvalue weighted by atomic mass is 10.0. The standard InChI is InChI=1S/C18H12ClN5O2/c19-16-10(7-20)2-1-3-12(16)18(25)24-11-4-5-14(21)13(6-11)17(22)15-8-23-9-26-15/h1-6,8-9,22H,21H2,(H,24,25). The first-order valence-corrected chi connectivity index (χ1v) is 7.76. The average molecular weight is 366 g/mol. The molecule has 0 unspecified atom stereocenters. The molecular formula is C18H12ClN5O2. The molecule has 0 radical (unpaired) electrons. The molecule has 4 N–H and O–H groups in total. The van der Waals surface area contributed by atoms with Crippen LogP contribution in [0.15, 0.2) is 53.4 Å². The van der Waals surface area contributed by atoms with Crippen LogP contribution in [0.5, 0.6) is 0 Å². The molecule has 0 fully saturated rings. The third-order valence-electron chi connectivity index (χ3n) is 3.62. The summed E-state index contributed by atoms with van der Waals surface area (Å²) in [5, 5.41) is 20.0. The van der Waals surface area contributed by atoms with E-state index < -0.39 is 5.91 Å². The molecule has 7 nitrogen and oxygen atoms in total. The van der Waals surface area contributed by atoms with Crippen LogP contribution in [0.3, 0.4) is 0 Å². The highest BCUT2D eigenvalue weighted by molar-refractivity contribution is 6.35. The van der Waals surface area contributed by atoms with Gasteiger partial charge in [0.15, 0.2) is 12.2 Å². The summed E-state index contributed by atoms with van der Waals surface area (Å²) in [6.45, 7) is 0. The number of carbonyl (C=O) groups excluding carboxylic acids is 1. The fourth-order valence-corrected chi connectivity index (χ4v) is 2.57. The summed E-state index contributed by atoms with van der Waals surface area (Å²) in [5.41, 5.74) is 7.52. The van der Waals surface area contributed by atoms with Crippen molar-refractivity contribution < 1.29 is 9.21 Å². The zero-order chi connectivity index (χ0) is 18.7. The highest BCUT2D eigenvalue weighted by Crippen LogP contribution is 2.24. The SMILES string of the molecule is N#Cc1cccc(C(=O)Nc2ccc(N)c(C(=N)c3cnco3)c2)c1Cl. The first-order valence-electron chi connectivity index (χ1n) is 7.38. The molecular weight excluding hydrogens is 354 g/mol. The second-order valence-electron chi connectivity index (χ2n) is 5.28. The maximum atomic E-state index is 12.5. The van der Waals surface area contributed by atoms with Crippen LogP contribution < -0.4 is 11.1 Å². The first kappa shape index (κ1) is 17.2. The first-order chi connectivity index (χ1) is 12.5. The van der Waals surface area contributed by atoms with Crippen LogP contribution in [-0.4, -0.2) is 16.6 Å². The van der Waals surface area contributed by atoms with Crippen molar-refractivity contribution in [2.45, 2.75) is 0 Å². The number of amides is 1. The zero-order valence-corrected chi connectivity index (χ0v) is 14.0. The van der Waals surface area contributed by atoms with Gasteiger partial charge in [0.05, 0.1) is 22.3 Å². The molecule has 2 aromatic carbocycles. The van der Waals surface area contributed by atoms with Crippen LogP contribution >= 0.6 is 11.6 Å². The van der Waals surface area contributed by atoms with Crippen molar-refractivity contribution in [1.29, 1.82) is 10.7 Å². The van der Waals surface area contributed by atoms with E-state index in [0.717, 1.165) is 0 Å². The van der Waals surface area contributed by atoms with E-state index in [1.165, 1.54) is 24.7 Å². The molecule has 0 bridgehead atoms. The van der Waals surface area contributed by atoms with E-state index in [4.69, 9.17) is 32.4 Å². The lowest BCUT2D eigenvalue weighted by molar-refractivity contribution is 0.102. The Morgan fingerprint density at radius 3 is 2.81 bits per heavy atom. The maximum Gasteiger partial charge on any atom is 0.257 e. The van der Waals surface area contributed by atoms with Gasteiger partial charge in [-0.15, -0.1) is 0 Å². The van der Waals surface area contributed by atoms with Gasteiger partial charge in [-0.2, -0.15) is 5.26 Å². The van der Waals surface area contributed by atoms with Crippen LogP contribution in [0, 0.1) is 16.7 Å². The van der Waals surface area contributed by atoms with Crippen molar-refractivity contribution in [2.75, 3.05) is 11.1 Å². The van der Waals surface area contributed by atoms with Crippen LogP contribution in [0.1, 0.15) is 27.2 Å². The molecule has 1 amide bonds. The second-order valence-corrected chi connectivity index (χ2v) is 5.65. The van der Waals surface area contributed by atoms with Gasteiger partial charge in [-0.1, -0.05) is 17.7 Å². The molecule has 0 aliphatic rings. The molecule has 3 aromatic rings. The number of rotatable bonds is 4. The van der Waals surface area contributed by atoms with E-state index in [-0.39, 0.29) is 27.6 Å². The molecule has 1 aromatic heterocycles. The van der Waals surface area contributed by atoms with Crippen LogP contribution in [0.25, 0.3) is 0 Å². The van der Waals surface area contributed by atoms with Gasteiger partial charge >= 0.3 is 0 Å². The third-order valence-corrected chi connectivity index (χ3v) is 4.03. The summed E-state index contributed by atoms with van der Waals surface area (Å²) in [4.78, 5) is 16.3. The predicted molar refractivity (Wildman–Crippen MR) is 97.4 cm³/mol. The highest BCUT2D eigenvalue weighted by Gasteiger charge is 2.16. The number of halogens is 1. The summed E-state index contributed by atoms with van der Waals surface area (Å²) in [6.07, 6.45) is 2.62. The minimum Gasteiger partial charge on any atom is -0.442 e. The fraction of sp³-hybridized carbons (Fsp3) is 0. The number of nitrogens with two attached hydrogens (primary N) is 1. The molecule has 0 aliphatic carbocycles. The Hall–Kier alpha value is -3.63. The molecule has 3 rings (SSSR count). The highest BCUT2D eigenvalue weighted by atomic mass is 35.5. The Kier molecular flexibility index (Phi) is 4.69. The molecule has 0 atom stereocenters. The van der Waals surface area contributed by atoms with E-state index in [1.54, 1.807) is 24.3 Å². The molecule has 128 valence electrons. The van der Waals surface area contributed by atoms with Crippen molar-refractivity contribution in [2.24, 2.45) is 0 Å². The number of hydrogen-bond donors (Lipinski definition) is 3. The molecule has 1 heterocycles. The van der Waals surface area contributed by atoms with Crippen molar-refractivity contribution in [3.63, 3.8) is 0 Å². The number of benzene rings is 2. The Morgan fingerprint density at radius 1 is 1.31 bits per heavy atom. The van der Waals surface area contributed by atoms with Crippen LogP contribution in [0.4, 0.5) is 11.4 Å². The number of carbonyl (C=O) groups is 1. The monoisotopic (exact) mass is 365 g/mol. The second kappa shape index (κ2) is 7.09. The quantitative estimate of drug-likeness (QED) is 0.481. The largest absolute Gasteiger partial charge is 0.442 e. The zero-order valence-electron chi connectivity index (χ0n) is 13.3. The third kappa shape index (κ3) is 3.27. The maximum absolute atomic E-state index is 12.5. The Morgan fingerprint density at radius 2 is 2.12 bits per heavy atom. The van der Waals surface area contributed by atoms with Crippen molar-refractivity contribution >= 4 is 34.6 Å². The lowest BCUT2D eigenvalue weighted by Crippen LogP contribution is -2.14. The normalized spacial score (nSPS) is 10.2. The minimum atomic E-state index is -0.478. The van der Waals surface area contributed by atoms with E-state index in [2.05, 4.69) is 10.3 Å². The number of nitrogen functional groups attached to an aromatic ring is 1. The van der Waals surface area contributed by atoms with Crippen LogP contribution in [-0.2, 0) is 0 Å².